The number of methoxy groups -OCH3 is 1. The zero-order chi connectivity index (χ0) is 20.9. The molecule has 0 N–H and O–H groups in total. The molecule has 0 atom stereocenters. The topological polar surface area (TPSA) is 84.0 Å². The Labute approximate surface area is 176 Å². The highest BCUT2D eigenvalue weighted by molar-refractivity contribution is 7.99. The second kappa shape index (κ2) is 9.95. The fraction of sp³-hybridized carbons (Fsp3) is 0.600. The summed E-state index contributed by atoms with van der Waals surface area (Å²) >= 11 is 1.36. The van der Waals surface area contributed by atoms with Crippen LogP contribution in [0.1, 0.15) is 30.4 Å². The summed E-state index contributed by atoms with van der Waals surface area (Å²) < 4.78 is 32.1. The number of carbonyl (C=O) groups is 2. The van der Waals surface area contributed by atoms with Gasteiger partial charge in [-0.25, -0.2) is 8.42 Å². The quantitative estimate of drug-likeness (QED) is 0.474. The molecule has 0 aromatic heterocycles. The minimum atomic E-state index is -3.54. The van der Waals surface area contributed by atoms with Crippen LogP contribution in [0, 0.1) is 0 Å². The van der Waals surface area contributed by atoms with Gasteiger partial charge in [0.25, 0.3) is 0 Å². The van der Waals surface area contributed by atoms with E-state index >= 15 is 0 Å². The molecule has 0 spiro atoms. The van der Waals surface area contributed by atoms with E-state index in [1.165, 1.54) is 28.7 Å². The van der Waals surface area contributed by atoms with E-state index in [2.05, 4.69) is 4.74 Å². The number of hydrogen-bond acceptors (Lipinski definition) is 6. The summed E-state index contributed by atoms with van der Waals surface area (Å²) in [5, 5.41) is 0. The molecule has 1 amide bonds. The van der Waals surface area contributed by atoms with E-state index < -0.39 is 10.0 Å². The van der Waals surface area contributed by atoms with Crippen molar-refractivity contribution in [3.63, 3.8) is 0 Å². The lowest BCUT2D eigenvalue weighted by atomic mass is 9.92. The molecule has 3 rings (SSSR count). The number of amides is 1. The first-order chi connectivity index (χ1) is 13.9. The number of thioether (sulfide) groups is 1. The molecule has 1 aliphatic carbocycles. The van der Waals surface area contributed by atoms with Gasteiger partial charge in [-0.15, -0.1) is 11.8 Å². The Balaban J connectivity index is 1.52. The van der Waals surface area contributed by atoms with Gasteiger partial charge >= 0.3 is 5.97 Å². The van der Waals surface area contributed by atoms with Crippen molar-refractivity contribution in [1.29, 1.82) is 0 Å². The number of nitrogens with zero attached hydrogens (tertiary/aromatic N) is 2. The molecule has 1 aromatic carbocycles. The predicted octanol–water partition coefficient (Wildman–Crippen LogP) is 1.69. The number of carbonyl (C=O) groups excluding carboxylic acids is 2. The molecule has 0 bridgehead atoms. The normalized spacial score (nSPS) is 17.6. The van der Waals surface area contributed by atoms with Crippen molar-refractivity contribution < 1.29 is 22.7 Å². The van der Waals surface area contributed by atoms with Crippen molar-refractivity contribution in [3.05, 3.63) is 29.3 Å². The summed E-state index contributed by atoms with van der Waals surface area (Å²) in [7, 11) is -2.20. The van der Waals surface area contributed by atoms with Crippen molar-refractivity contribution in [1.82, 2.24) is 9.21 Å². The summed E-state index contributed by atoms with van der Waals surface area (Å²) in [6.07, 6.45) is 4.56. The molecular formula is C20H28N2O5S2. The molecule has 1 aliphatic heterocycles. The van der Waals surface area contributed by atoms with Crippen molar-refractivity contribution in [2.45, 2.75) is 37.0 Å². The van der Waals surface area contributed by atoms with E-state index in [1.54, 1.807) is 11.0 Å². The van der Waals surface area contributed by atoms with Gasteiger partial charge in [-0.3, -0.25) is 9.59 Å². The molecule has 1 saturated heterocycles. The van der Waals surface area contributed by atoms with Crippen LogP contribution >= 0.6 is 11.8 Å². The highest BCUT2D eigenvalue weighted by atomic mass is 32.2. The van der Waals surface area contributed by atoms with Gasteiger partial charge in [-0.05, 0) is 48.9 Å². The van der Waals surface area contributed by atoms with Crippen molar-refractivity contribution in [2.75, 3.05) is 44.8 Å². The lowest BCUT2D eigenvalue weighted by Gasteiger charge is -2.34. The molecule has 160 valence electrons. The predicted molar refractivity (Wildman–Crippen MR) is 112 cm³/mol. The summed E-state index contributed by atoms with van der Waals surface area (Å²) in [5.41, 5.74) is 2.41. The first-order valence-corrected chi connectivity index (χ1v) is 12.6. The van der Waals surface area contributed by atoms with Crippen LogP contribution in [0.15, 0.2) is 23.1 Å². The maximum Gasteiger partial charge on any atom is 0.315 e. The van der Waals surface area contributed by atoms with Gasteiger partial charge in [0.15, 0.2) is 0 Å². The van der Waals surface area contributed by atoms with Crippen LogP contribution in [0.2, 0.25) is 0 Å². The van der Waals surface area contributed by atoms with Crippen LogP contribution in [0.5, 0.6) is 0 Å². The number of hydrogen-bond donors (Lipinski definition) is 0. The fourth-order valence-corrected chi connectivity index (χ4v) is 5.95. The molecule has 29 heavy (non-hydrogen) atoms. The van der Waals surface area contributed by atoms with E-state index in [-0.39, 0.29) is 17.6 Å². The maximum absolute atomic E-state index is 13.0. The minimum Gasteiger partial charge on any atom is -0.468 e. The summed E-state index contributed by atoms with van der Waals surface area (Å²) in [6, 6.07) is 5.50. The van der Waals surface area contributed by atoms with Gasteiger partial charge in [0, 0.05) is 38.4 Å². The molecule has 7 nitrogen and oxygen atoms in total. The van der Waals surface area contributed by atoms with E-state index in [0.29, 0.717) is 43.2 Å². The number of piperazine rings is 1. The van der Waals surface area contributed by atoms with Crippen LogP contribution in [0.4, 0.5) is 0 Å². The third-order valence-corrected chi connectivity index (χ3v) is 8.28. The van der Waals surface area contributed by atoms with Crippen molar-refractivity contribution >= 4 is 33.7 Å². The molecule has 1 heterocycles. The maximum atomic E-state index is 13.0. The first-order valence-electron chi connectivity index (χ1n) is 9.96. The highest BCUT2D eigenvalue weighted by Gasteiger charge is 2.30. The Morgan fingerprint density at radius 3 is 2.45 bits per heavy atom. The third kappa shape index (κ3) is 5.52. The molecule has 9 heteroatoms. The zero-order valence-corrected chi connectivity index (χ0v) is 18.4. The standard InChI is InChI=1S/C20H28N2O5S2/c1-27-20(24)15-28-13-8-19(23)21-9-11-22(12-10-21)29(25,26)18-7-6-16-4-2-3-5-17(16)14-18/h6-7,14H,2-5,8-13,15H2,1H3. The average Bonchev–Trinajstić information content (AvgIpc) is 2.76. The first kappa shape index (κ1) is 22.1. The van der Waals surface area contributed by atoms with Gasteiger partial charge in [0.05, 0.1) is 17.8 Å². The minimum absolute atomic E-state index is 0.00630. The average molecular weight is 441 g/mol. The summed E-state index contributed by atoms with van der Waals surface area (Å²) in [6.45, 7) is 1.40. The van der Waals surface area contributed by atoms with Gasteiger partial charge in [0.2, 0.25) is 15.9 Å². The Hall–Kier alpha value is -1.58. The molecule has 1 fully saturated rings. The lowest BCUT2D eigenvalue weighted by molar-refractivity contribution is -0.137. The van der Waals surface area contributed by atoms with Crippen LogP contribution in [-0.4, -0.2) is 74.3 Å². The van der Waals surface area contributed by atoms with Gasteiger partial charge in [0.1, 0.15) is 0 Å². The molecule has 0 saturated carbocycles. The van der Waals surface area contributed by atoms with Crippen LogP contribution in [0.25, 0.3) is 0 Å². The summed E-state index contributed by atoms with van der Waals surface area (Å²) in [5.74, 6) is 0.467. The number of rotatable bonds is 7. The smallest absolute Gasteiger partial charge is 0.315 e. The van der Waals surface area contributed by atoms with E-state index in [9.17, 15) is 18.0 Å². The van der Waals surface area contributed by atoms with E-state index in [4.69, 9.17) is 0 Å². The van der Waals surface area contributed by atoms with E-state index in [0.717, 1.165) is 31.2 Å². The van der Waals surface area contributed by atoms with Crippen molar-refractivity contribution in [2.24, 2.45) is 0 Å². The SMILES string of the molecule is COC(=O)CSCCC(=O)N1CCN(S(=O)(=O)c2ccc3c(c2)CCCC3)CC1. The Morgan fingerprint density at radius 1 is 1.07 bits per heavy atom. The highest BCUT2D eigenvalue weighted by Crippen LogP contribution is 2.26. The van der Waals surface area contributed by atoms with Gasteiger partial charge in [-0.2, -0.15) is 4.31 Å². The van der Waals surface area contributed by atoms with Crippen LogP contribution in [-0.2, 0) is 37.2 Å². The molecule has 0 radical (unpaired) electrons. The zero-order valence-electron chi connectivity index (χ0n) is 16.8. The fourth-order valence-electron chi connectivity index (χ4n) is 3.73. The monoisotopic (exact) mass is 440 g/mol. The number of esters is 1. The number of sulfonamides is 1. The Kier molecular flexibility index (Phi) is 7.59. The Bertz CT molecular complexity index is 848. The van der Waals surface area contributed by atoms with Gasteiger partial charge in [-0.1, -0.05) is 6.07 Å². The molecule has 0 unspecified atom stereocenters. The number of aryl methyl sites for hydroxylation is 2. The second-order valence-electron chi connectivity index (χ2n) is 7.30. The number of ether oxygens (including phenoxy) is 1. The number of fused-ring (bicyclic) bond motifs is 1. The Morgan fingerprint density at radius 2 is 1.76 bits per heavy atom. The van der Waals surface area contributed by atoms with Gasteiger partial charge < -0.3 is 9.64 Å². The van der Waals surface area contributed by atoms with Crippen molar-refractivity contribution in [3.8, 4) is 0 Å². The summed E-state index contributed by atoms with van der Waals surface area (Å²) in [4.78, 5) is 25.5. The lowest BCUT2D eigenvalue weighted by Crippen LogP contribution is -2.50. The van der Waals surface area contributed by atoms with E-state index in [1.807, 2.05) is 12.1 Å². The number of benzene rings is 1. The largest absolute Gasteiger partial charge is 0.468 e. The molecule has 2 aliphatic rings. The molecular weight excluding hydrogens is 412 g/mol. The van der Waals surface area contributed by atoms with Crippen LogP contribution in [0.3, 0.4) is 0 Å². The molecule has 1 aromatic rings. The third-order valence-electron chi connectivity index (χ3n) is 5.46. The van der Waals surface area contributed by atoms with Crippen LogP contribution < -0.4 is 0 Å². The second-order valence-corrected chi connectivity index (χ2v) is 10.3.